The van der Waals surface area contributed by atoms with Gasteiger partial charge in [-0.2, -0.15) is 0 Å². The number of hydrogen-bond donors (Lipinski definition) is 2. The summed E-state index contributed by atoms with van der Waals surface area (Å²) in [6.07, 6.45) is 0. The first-order valence-corrected chi connectivity index (χ1v) is 10.1. The van der Waals surface area contributed by atoms with Gasteiger partial charge in [0.15, 0.2) is 0 Å². The predicted molar refractivity (Wildman–Crippen MR) is 121 cm³/mol. The van der Waals surface area contributed by atoms with Crippen molar-refractivity contribution in [3.05, 3.63) is 101 Å². The number of hydrogen-bond acceptors (Lipinski definition) is 3. The highest BCUT2D eigenvalue weighted by atomic mass is 35.5. The third-order valence-electron chi connectivity index (χ3n) is 5.31. The molecule has 6 heteroatoms. The van der Waals surface area contributed by atoms with Crippen molar-refractivity contribution >= 4 is 40.2 Å². The summed E-state index contributed by atoms with van der Waals surface area (Å²) in [7, 11) is 0. The Balaban J connectivity index is 1.70. The van der Waals surface area contributed by atoms with Gasteiger partial charge in [0.1, 0.15) is 0 Å². The number of anilines is 2. The van der Waals surface area contributed by atoms with Gasteiger partial charge < -0.3 is 10.6 Å². The first-order chi connectivity index (χ1) is 14.6. The maximum atomic E-state index is 13.5. The van der Waals surface area contributed by atoms with Crippen LogP contribution < -0.4 is 10.6 Å². The van der Waals surface area contributed by atoms with Crippen LogP contribution in [0.25, 0.3) is 11.0 Å². The van der Waals surface area contributed by atoms with Gasteiger partial charge in [0.05, 0.1) is 22.6 Å². The number of para-hydroxylation sites is 3. The van der Waals surface area contributed by atoms with Crippen LogP contribution >= 0.6 is 11.6 Å². The molecule has 1 aliphatic rings. The molecule has 30 heavy (non-hydrogen) atoms. The number of fused-ring (bicyclic) bond motifs is 3. The van der Waals surface area contributed by atoms with Gasteiger partial charge in [0.25, 0.3) is 5.91 Å². The minimum absolute atomic E-state index is 0.181. The first-order valence-electron chi connectivity index (χ1n) is 9.69. The number of halogens is 1. The van der Waals surface area contributed by atoms with E-state index in [9.17, 15) is 4.79 Å². The lowest BCUT2D eigenvalue weighted by atomic mass is 9.94. The van der Waals surface area contributed by atoms with E-state index in [1.807, 2.05) is 90.4 Å². The zero-order valence-corrected chi connectivity index (χ0v) is 17.0. The van der Waals surface area contributed by atoms with Crippen LogP contribution in [-0.2, 0) is 4.79 Å². The van der Waals surface area contributed by atoms with Crippen LogP contribution in [0.4, 0.5) is 11.6 Å². The third-order valence-corrected chi connectivity index (χ3v) is 5.65. The van der Waals surface area contributed by atoms with Crippen LogP contribution in [0.2, 0.25) is 5.02 Å². The minimum atomic E-state index is -0.411. The second kappa shape index (κ2) is 7.35. The molecule has 1 aromatic heterocycles. The lowest BCUT2D eigenvalue weighted by molar-refractivity contribution is -0.113. The summed E-state index contributed by atoms with van der Waals surface area (Å²) in [6, 6.07) is 24.5. The molecule has 4 aromatic rings. The Kier molecular flexibility index (Phi) is 4.52. The topological polar surface area (TPSA) is 59.0 Å². The van der Waals surface area contributed by atoms with E-state index in [1.165, 1.54) is 0 Å². The Morgan fingerprint density at radius 2 is 1.70 bits per heavy atom. The van der Waals surface area contributed by atoms with Crippen LogP contribution in [0.3, 0.4) is 0 Å². The van der Waals surface area contributed by atoms with E-state index < -0.39 is 6.04 Å². The molecule has 5 nitrogen and oxygen atoms in total. The van der Waals surface area contributed by atoms with E-state index in [2.05, 4.69) is 10.6 Å². The van der Waals surface area contributed by atoms with Gasteiger partial charge in [-0.1, -0.05) is 60.1 Å². The molecule has 1 amide bonds. The van der Waals surface area contributed by atoms with Crippen LogP contribution in [-0.4, -0.2) is 15.5 Å². The van der Waals surface area contributed by atoms with Gasteiger partial charge in [-0.05, 0) is 42.8 Å². The summed E-state index contributed by atoms with van der Waals surface area (Å²) in [5, 5.41) is 6.93. The fourth-order valence-corrected chi connectivity index (χ4v) is 4.21. The van der Waals surface area contributed by atoms with E-state index in [4.69, 9.17) is 16.6 Å². The highest BCUT2D eigenvalue weighted by Gasteiger charge is 2.35. The van der Waals surface area contributed by atoms with E-state index in [0.717, 1.165) is 28.0 Å². The van der Waals surface area contributed by atoms with Crippen molar-refractivity contribution in [3.63, 3.8) is 0 Å². The van der Waals surface area contributed by atoms with E-state index in [-0.39, 0.29) is 5.91 Å². The molecule has 0 radical (unpaired) electrons. The molecule has 0 saturated carbocycles. The average Bonchev–Trinajstić information content (AvgIpc) is 3.11. The maximum Gasteiger partial charge on any atom is 0.255 e. The molecule has 0 aliphatic carbocycles. The Bertz CT molecular complexity index is 1290. The highest BCUT2D eigenvalue weighted by Crippen LogP contribution is 2.41. The largest absolute Gasteiger partial charge is 0.329 e. The van der Waals surface area contributed by atoms with Crippen LogP contribution in [0, 0.1) is 0 Å². The average molecular weight is 415 g/mol. The summed E-state index contributed by atoms with van der Waals surface area (Å²) in [4.78, 5) is 18.2. The molecule has 0 spiro atoms. The van der Waals surface area contributed by atoms with Crippen molar-refractivity contribution in [2.45, 2.75) is 13.0 Å². The van der Waals surface area contributed by atoms with E-state index >= 15 is 0 Å². The molecular formula is C24H19ClN4O. The van der Waals surface area contributed by atoms with Crippen molar-refractivity contribution in [2.75, 3.05) is 10.6 Å². The van der Waals surface area contributed by atoms with Crippen molar-refractivity contribution in [1.29, 1.82) is 0 Å². The standard InChI is InChI=1S/C24H19ClN4O/c1-15-21(23(30)27-16-9-3-2-4-10-16)22(17-11-5-6-12-18(17)25)29-20-14-8-7-13-19(20)28-24(29)26-15/h2-14,22H,1H3,(H,26,28)(H,27,30). The zero-order valence-electron chi connectivity index (χ0n) is 16.3. The van der Waals surface area contributed by atoms with Crippen molar-refractivity contribution < 1.29 is 4.79 Å². The number of allylic oxidation sites excluding steroid dienone is 1. The highest BCUT2D eigenvalue weighted by molar-refractivity contribution is 6.31. The third kappa shape index (κ3) is 3.04. The van der Waals surface area contributed by atoms with Crippen LogP contribution in [0.15, 0.2) is 90.1 Å². The Labute approximate surface area is 179 Å². The summed E-state index contributed by atoms with van der Waals surface area (Å²) in [6.45, 7) is 1.90. The van der Waals surface area contributed by atoms with E-state index in [0.29, 0.717) is 16.5 Å². The SMILES string of the molecule is CC1=C(C(=O)Nc2ccccc2)C(c2ccccc2Cl)n2c(nc3ccccc32)N1. The molecule has 0 bridgehead atoms. The van der Waals surface area contributed by atoms with Crippen molar-refractivity contribution in [1.82, 2.24) is 9.55 Å². The molecule has 0 saturated heterocycles. The number of rotatable bonds is 3. The number of imidazole rings is 1. The molecule has 2 N–H and O–H groups in total. The van der Waals surface area contributed by atoms with Crippen LogP contribution in [0.5, 0.6) is 0 Å². The second-order valence-corrected chi connectivity index (χ2v) is 7.61. The van der Waals surface area contributed by atoms with Gasteiger partial charge in [0, 0.05) is 16.4 Å². The Morgan fingerprint density at radius 1 is 1.00 bits per heavy atom. The zero-order chi connectivity index (χ0) is 20.7. The number of amides is 1. The molecule has 3 aromatic carbocycles. The van der Waals surface area contributed by atoms with Crippen molar-refractivity contribution in [3.8, 4) is 0 Å². The Hall–Kier alpha value is -3.57. The normalized spacial score (nSPS) is 15.6. The molecular weight excluding hydrogens is 396 g/mol. The van der Waals surface area contributed by atoms with Gasteiger partial charge in [0.2, 0.25) is 5.95 Å². The number of benzene rings is 3. The lowest BCUT2D eigenvalue weighted by Gasteiger charge is -2.31. The molecule has 5 rings (SSSR count). The molecule has 1 aliphatic heterocycles. The fraction of sp³-hybridized carbons (Fsp3) is 0.0833. The fourth-order valence-electron chi connectivity index (χ4n) is 3.97. The van der Waals surface area contributed by atoms with Crippen LogP contribution in [0.1, 0.15) is 18.5 Å². The quantitative estimate of drug-likeness (QED) is 0.457. The lowest BCUT2D eigenvalue weighted by Crippen LogP contribution is -2.31. The second-order valence-electron chi connectivity index (χ2n) is 7.20. The number of nitrogens with zero attached hydrogens (tertiary/aromatic N) is 2. The van der Waals surface area contributed by atoms with Gasteiger partial charge in [-0.25, -0.2) is 4.98 Å². The number of nitrogens with one attached hydrogen (secondary N) is 2. The van der Waals surface area contributed by atoms with Crippen molar-refractivity contribution in [2.24, 2.45) is 0 Å². The summed E-state index contributed by atoms with van der Waals surface area (Å²) < 4.78 is 2.05. The summed E-state index contributed by atoms with van der Waals surface area (Å²) in [5.74, 6) is 0.509. The number of carbonyl (C=O) groups excluding carboxylic acids is 1. The maximum absolute atomic E-state index is 13.5. The monoisotopic (exact) mass is 414 g/mol. The van der Waals surface area contributed by atoms with E-state index in [1.54, 1.807) is 0 Å². The smallest absolute Gasteiger partial charge is 0.255 e. The first kappa shape index (κ1) is 18.5. The summed E-state index contributed by atoms with van der Waals surface area (Å²) >= 11 is 6.61. The van der Waals surface area contributed by atoms with Gasteiger partial charge in [-0.15, -0.1) is 0 Å². The molecule has 1 unspecified atom stereocenters. The number of aromatic nitrogens is 2. The van der Waals surface area contributed by atoms with Gasteiger partial charge in [-0.3, -0.25) is 9.36 Å². The predicted octanol–water partition coefficient (Wildman–Crippen LogP) is 5.62. The summed E-state index contributed by atoms with van der Waals surface area (Å²) in [5.41, 5.74) is 4.72. The van der Waals surface area contributed by atoms with Gasteiger partial charge >= 0.3 is 0 Å². The molecule has 2 heterocycles. The molecule has 0 fully saturated rings. The minimum Gasteiger partial charge on any atom is -0.329 e. The molecule has 148 valence electrons. The molecule has 1 atom stereocenters. The number of carbonyl (C=O) groups is 1. The Morgan fingerprint density at radius 3 is 2.50 bits per heavy atom.